The molecule has 0 fully saturated rings. The third kappa shape index (κ3) is 3.56. The molecule has 1 aliphatic rings. The van der Waals surface area contributed by atoms with Gasteiger partial charge in [0.2, 0.25) is 0 Å². The van der Waals surface area contributed by atoms with Crippen LogP contribution in [-0.2, 0) is 16.6 Å². The minimum absolute atomic E-state index is 0.0333. The standard InChI is InChI=1S/C21H19N5O5S/c1-11-15(10-24(3)23-11)18-17(20(28)31-4)12(2)22-21-25(18)19(27)16(32-21)9-13-5-7-14(8-6-13)26(29)30/h5-10,18H,1-4H3/b16-9+/t18-/m0/s1. The smallest absolute Gasteiger partial charge is 0.338 e. The van der Waals surface area contributed by atoms with Gasteiger partial charge >= 0.3 is 5.97 Å². The van der Waals surface area contributed by atoms with E-state index in [1.807, 2.05) is 6.92 Å². The van der Waals surface area contributed by atoms with Crippen LogP contribution < -0.4 is 14.9 Å². The highest BCUT2D eigenvalue weighted by Gasteiger charge is 2.34. The van der Waals surface area contributed by atoms with E-state index >= 15 is 0 Å². The second-order valence-corrected chi connectivity index (χ2v) is 8.27. The number of rotatable bonds is 4. The van der Waals surface area contributed by atoms with E-state index in [2.05, 4.69) is 10.1 Å². The molecule has 10 nitrogen and oxygen atoms in total. The van der Waals surface area contributed by atoms with Gasteiger partial charge in [-0.25, -0.2) is 9.79 Å². The van der Waals surface area contributed by atoms with Gasteiger partial charge < -0.3 is 4.74 Å². The van der Waals surface area contributed by atoms with Crippen molar-refractivity contribution in [1.29, 1.82) is 0 Å². The van der Waals surface area contributed by atoms with Crippen LogP contribution in [0.2, 0.25) is 0 Å². The third-order valence-electron chi connectivity index (χ3n) is 5.17. The minimum Gasteiger partial charge on any atom is -0.466 e. The van der Waals surface area contributed by atoms with Crippen molar-refractivity contribution >= 4 is 29.1 Å². The number of hydrogen-bond donors (Lipinski definition) is 0. The first-order valence-corrected chi connectivity index (χ1v) is 10.4. The van der Waals surface area contributed by atoms with E-state index in [9.17, 15) is 19.7 Å². The lowest BCUT2D eigenvalue weighted by atomic mass is 9.96. The molecule has 0 amide bonds. The quantitative estimate of drug-likeness (QED) is 0.334. The van der Waals surface area contributed by atoms with Gasteiger partial charge in [0.15, 0.2) is 4.80 Å². The zero-order valence-corrected chi connectivity index (χ0v) is 18.5. The van der Waals surface area contributed by atoms with Crippen molar-refractivity contribution in [1.82, 2.24) is 14.3 Å². The summed E-state index contributed by atoms with van der Waals surface area (Å²) in [7, 11) is 3.05. The lowest BCUT2D eigenvalue weighted by molar-refractivity contribution is -0.384. The number of esters is 1. The molecule has 2 aromatic heterocycles. The van der Waals surface area contributed by atoms with Crippen LogP contribution in [0.15, 0.2) is 51.5 Å². The van der Waals surface area contributed by atoms with E-state index in [0.29, 0.717) is 31.9 Å². The van der Waals surface area contributed by atoms with E-state index in [1.165, 1.54) is 35.1 Å². The number of nitro benzene ring substituents is 1. The number of non-ortho nitro benzene ring substituents is 1. The van der Waals surface area contributed by atoms with Crippen molar-refractivity contribution in [3.05, 3.63) is 88.4 Å². The Kier molecular flexibility index (Phi) is 5.35. The number of aromatic nitrogens is 3. The Hall–Kier alpha value is -3.86. The van der Waals surface area contributed by atoms with E-state index < -0.39 is 16.9 Å². The summed E-state index contributed by atoms with van der Waals surface area (Å²) in [4.78, 5) is 41.4. The van der Waals surface area contributed by atoms with Crippen LogP contribution in [0.3, 0.4) is 0 Å². The number of allylic oxidation sites excluding steroid dienone is 1. The largest absolute Gasteiger partial charge is 0.466 e. The highest BCUT2D eigenvalue weighted by molar-refractivity contribution is 7.07. The Bertz CT molecular complexity index is 1460. The highest BCUT2D eigenvalue weighted by Crippen LogP contribution is 2.31. The molecule has 1 aromatic carbocycles. The van der Waals surface area contributed by atoms with Gasteiger partial charge in [-0.15, -0.1) is 0 Å². The molecule has 0 radical (unpaired) electrons. The number of hydrogen-bond acceptors (Lipinski definition) is 8. The Morgan fingerprint density at radius 3 is 2.53 bits per heavy atom. The molecule has 164 valence electrons. The van der Waals surface area contributed by atoms with Crippen LogP contribution >= 0.6 is 11.3 Å². The summed E-state index contributed by atoms with van der Waals surface area (Å²) in [5, 5.41) is 15.2. The maximum atomic E-state index is 13.4. The van der Waals surface area contributed by atoms with Gasteiger partial charge in [-0.2, -0.15) is 5.10 Å². The molecule has 32 heavy (non-hydrogen) atoms. The molecule has 0 saturated heterocycles. The average Bonchev–Trinajstić information content (AvgIpc) is 3.24. The van der Waals surface area contributed by atoms with Gasteiger partial charge in [0.05, 0.1) is 33.5 Å². The number of nitro groups is 1. The van der Waals surface area contributed by atoms with Crippen LogP contribution in [0, 0.1) is 17.0 Å². The van der Waals surface area contributed by atoms with Crippen molar-refractivity contribution in [2.45, 2.75) is 19.9 Å². The zero-order valence-electron chi connectivity index (χ0n) is 17.7. The van der Waals surface area contributed by atoms with Crippen molar-refractivity contribution in [2.75, 3.05) is 7.11 Å². The van der Waals surface area contributed by atoms with Crippen molar-refractivity contribution < 1.29 is 14.5 Å². The number of nitrogens with zero attached hydrogens (tertiary/aromatic N) is 5. The van der Waals surface area contributed by atoms with E-state index in [1.54, 1.807) is 43.1 Å². The van der Waals surface area contributed by atoms with Crippen molar-refractivity contribution in [3.63, 3.8) is 0 Å². The fourth-order valence-electron chi connectivity index (χ4n) is 3.72. The molecule has 0 aliphatic carbocycles. The number of aryl methyl sites for hydroxylation is 2. The average molecular weight is 453 g/mol. The lowest BCUT2D eigenvalue weighted by Crippen LogP contribution is -2.40. The van der Waals surface area contributed by atoms with Crippen LogP contribution in [-0.4, -0.2) is 32.3 Å². The van der Waals surface area contributed by atoms with Crippen LogP contribution in [0.5, 0.6) is 0 Å². The van der Waals surface area contributed by atoms with E-state index in [0.717, 1.165) is 0 Å². The van der Waals surface area contributed by atoms with Crippen LogP contribution in [0.1, 0.15) is 29.8 Å². The predicted octanol–water partition coefficient (Wildman–Crippen LogP) is 1.36. The number of carbonyl (C=O) groups is 1. The summed E-state index contributed by atoms with van der Waals surface area (Å²) in [5.41, 5.74) is 2.40. The molecule has 0 bridgehead atoms. The Balaban J connectivity index is 1.94. The van der Waals surface area contributed by atoms with Crippen molar-refractivity contribution in [3.8, 4) is 0 Å². The Labute approximate surface area is 185 Å². The van der Waals surface area contributed by atoms with Gasteiger partial charge in [-0.3, -0.25) is 24.2 Å². The first-order valence-electron chi connectivity index (χ1n) is 9.56. The van der Waals surface area contributed by atoms with E-state index in [-0.39, 0.29) is 16.8 Å². The van der Waals surface area contributed by atoms with Gasteiger partial charge in [0.25, 0.3) is 11.2 Å². The predicted molar refractivity (Wildman–Crippen MR) is 117 cm³/mol. The molecule has 3 aromatic rings. The fraction of sp³-hybridized carbons (Fsp3) is 0.238. The second kappa shape index (κ2) is 8.00. The van der Waals surface area contributed by atoms with E-state index in [4.69, 9.17) is 4.74 Å². The normalized spacial score (nSPS) is 16.0. The van der Waals surface area contributed by atoms with Gasteiger partial charge in [0, 0.05) is 30.9 Å². The molecule has 0 unspecified atom stereocenters. The second-order valence-electron chi connectivity index (χ2n) is 7.27. The molecule has 0 spiro atoms. The number of carbonyl (C=O) groups excluding carboxylic acids is 1. The minimum atomic E-state index is -0.730. The summed E-state index contributed by atoms with van der Waals surface area (Å²) in [6.45, 7) is 3.52. The van der Waals surface area contributed by atoms with Crippen LogP contribution in [0.4, 0.5) is 5.69 Å². The number of benzene rings is 1. The van der Waals surface area contributed by atoms with Gasteiger partial charge in [-0.1, -0.05) is 11.3 Å². The Morgan fingerprint density at radius 2 is 1.97 bits per heavy atom. The number of ether oxygens (including phenoxy) is 1. The Morgan fingerprint density at radius 1 is 1.28 bits per heavy atom. The summed E-state index contributed by atoms with van der Waals surface area (Å²) in [6.07, 6.45) is 3.42. The topological polar surface area (TPSA) is 122 Å². The van der Waals surface area contributed by atoms with Crippen molar-refractivity contribution in [2.24, 2.45) is 12.0 Å². The number of methoxy groups -OCH3 is 1. The summed E-state index contributed by atoms with van der Waals surface area (Å²) in [6, 6.07) is 5.18. The SMILES string of the molecule is COC(=O)C1=C(C)N=c2s/c(=C/c3ccc([N+](=O)[O-])cc3)c(=O)n2[C@H]1c1cn(C)nc1C. The molecule has 0 saturated carbocycles. The van der Waals surface area contributed by atoms with Gasteiger partial charge in [-0.05, 0) is 37.6 Å². The van der Waals surface area contributed by atoms with Crippen LogP contribution in [0.25, 0.3) is 6.08 Å². The van der Waals surface area contributed by atoms with Gasteiger partial charge in [0.1, 0.15) is 6.04 Å². The highest BCUT2D eigenvalue weighted by atomic mass is 32.1. The first kappa shape index (κ1) is 21.4. The fourth-order valence-corrected chi connectivity index (χ4v) is 4.76. The molecule has 1 aliphatic heterocycles. The molecule has 1 atom stereocenters. The number of thiazole rings is 1. The molecular weight excluding hydrogens is 434 g/mol. The molecule has 3 heterocycles. The summed E-state index contributed by atoms with van der Waals surface area (Å²) in [5.74, 6) is -0.566. The summed E-state index contributed by atoms with van der Waals surface area (Å²) < 4.78 is 8.48. The number of fused-ring (bicyclic) bond motifs is 1. The maximum absolute atomic E-state index is 13.4. The molecule has 4 rings (SSSR count). The molecule has 11 heteroatoms. The lowest BCUT2D eigenvalue weighted by Gasteiger charge is -2.23. The molecular formula is C21H19N5O5S. The maximum Gasteiger partial charge on any atom is 0.338 e. The third-order valence-corrected chi connectivity index (χ3v) is 6.16. The monoisotopic (exact) mass is 453 g/mol. The summed E-state index contributed by atoms with van der Waals surface area (Å²) >= 11 is 1.18. The molecule has 0 N–H and O–H groups in total. The zero-order chi connectivity index (χ0) is 23.2. The first-order chi connectivity index (χ1) is 15.2.